The fourth-order valence-corrected chi connectivity index (χ4v) is 3.14. The lowest BCUT2D eigenvalue weighted by atomic mass is 10.3. The Labute approximate surface area is 122 Å². The molecule has 0 N–H and O–H groups in total. The van der Waals surface area contributed by atoms with Gasteiger partial charge in [-0.2, -0.15) is 0 Å². The van der Waals surface area contributed by atoms with Gasteiger partial charge in [0.1, 0.15) is 6.54 Å². The molecule has 0 aliphatic heterocycles. The molecule has 0 aromatic carbocycles. The van der Waals surface area contributed by atoms with Crippen molar-refractivity contribution in [2.45, 2.75) is 31.0 Å². The minimum atomic E-state index is -0.356. The normalized spacial score (nSPS) is 10.5. The molecular formula is C13H19NO3S2. The molecule has 0 spiro atoms. The van der Waals surface area contributed by atoms with Crippen molar-refractivity contribution in [3.05, 3.63) is 17.5 Å². The van der Waals surface area contributed by atoms with E-state index in [2.05, 4.69) is 0 Å². The number of esters is 1. The highest BCUT2D eigenvalue weighted by atomic mass is 32.2. The van der Waals surface area contributed by atoms with Crippen molar-refractivity contribution < 1.29 is 14.3 Å². The summed E-state index contributed by atoms with van der Waals surface area (Å²) in [5.41, 5.74) is 0. The van der Waals surface area contributed by atoms with Crippen LogP contribution in [-0.4, -0.2) is 41.7 Å². The zero-order chi connectivity index (χ0) is 14.3. The van der Waals surface area contributed by atoms with Gasteiger partial charge in [0, 0.05) is 6.04 Å². The molecule has 0 radical (unpaired) electrons. The van der Waals surface area contributed by atoms with Crippen molar-refractivity contribution in [2.75, 3.05) is 18.9 Å². The minimum absolute atomic E-state index is 0.0131. The van der Waals surface area contributed by atoms with Crippen molar-refractivity contribution in [2.24, 2.45) is 0 Å². The summed E-state index contributed by atoms with van der Waals surface area (Å²) in [6.07, 6.45) is 0. The molecule has 0 saturated heterocycles. The molecule has 0 unspecified atom stereocenters. The van der Waals surface area contributed by atoms with Gasteiger partial charge in [-0.05, 0) is 32.2 Å². The minimum Gasteiger partial charge on any atom is -0.465 e. The van der Waals surface area contributed by atoms with E-state index in [4.69, 9.17) is 4.74 Å². The van der Waals surface area contributed by atoms with Gasteiger partial charge < -0.3 is 9.64 Å². The number of thioether (sulfide) groups is 1. The molecule has 4 nitrogen and oxygen atoms in total. The van der Waals surface area contributed by atoms with Gasteiger partial charge in [0.05, 0.1) is 16.6 Å². The number of hydrogen-bond acceptors (Lipinski definition) is 5. The third-order valence-electron chi connectivity index (χ3n) is 2.38. The molecule has 1 rings (SSSR count). The predicted octanol–water partition coefficient (Wildman–Crippen LogP) is 2.64. The standard InChI is InChI=1S/C13H19NO3S2/c1-4-17-12(16)8-14(10(2)3)11(15)9-19-13-6-5-7-18-13/h5-7,10H,4,8-9H2,1-3H3. The number of thiophene rings is 1. The number of rotatable bonds is 7. The number of carbonyl (C=O) groups is 2. The average Bonchev–Trinajstić information content (AvgIpc) is 2.86. The van der Waals surface area contributed by atoms with E-state index in [1.165, 1.54) is 11.8 Å². The van der Waals surface area contributed by atoms with Crippen molar-refractivity contribution >= 4 is 35.0 Å². The number of nitrogens with zero attached hydrogens (tertiary/aromatic N) is 1. The second kappa shape index (κ2) is 8.22. The van der Waals surface area contributed by atoms with E-state index in [-0.39, 0.29) is 24.5 Å². The second-order valence-corrected chi connectivity index (χ2v) is 6.36. The van der Waals surface area contributed by atoms with Crippen LogP contribution in [0.15, 0.2) is 21.7 Å². The maximum atomic E-state index is 12.1. The predicted molar refractivity (Wildman–Crippen MR) is 78.5 cm³/mol. The first-order valence-corrected chi connectivity index (χ1v) is 8.02. The Bertz CT molecular complexity index is 404. The molecule has 0 aliphatic carbocycles. The molecule has 1 amide bonds. The lowest BCUT2D eigenvalue weighted by Crippen LogP contribution is -2.42. The lowest BCUT2D eigenvalue weighted by Gasteiger charge is -2.25. The van der Waals surface area contributed by atoms with Gasteiger partial charge in [-0.25, -0.2) is 0 Å². The van der Waals surface area contributed by atoms with Gasteiger partial charge in [0.15, 0.2) is 0 Å². The lowest BCUT2D eigenvalue weighted by molar-refractivity contribution is -0.149. The van der Waals surface area contributed by atoms with Gasteiger partial charge in [-0.1, -0.05) is 6.07 Å². The topological polar surface area (TPSA) is 46.6 Å². The molecule has 0 bridgehead atoms. The molecule has 0 atom stereocenters. The number of hydrogen-bond donors (Lipinski definition) is 0. The highest BCUT2D eigenvalue weighted by molar-refractivity contribution is 8.01. The molecule has 106 valence electrons. The smallest absolute Gasteiger partial charge is 0.325 e. The fourth-order valence-electron chi connectivity index (χ4n) is 1.47. The molecule has 1 aromatic rings. The summed E-state index contributed by atoms with van der Waals surface area (Å²) >= 11 is 3.10. The van der Waals surface area contributed by atoms with Crippen LogP contribution in [0.1, 0.15) is 20.8 Å². The monoisotopic (exact) mass is 301 g/mol. The number of carbonyl (C=O) groups excluding carboxylic acids is 2. The molecule has 1 heterocycles. The van der Waals surface area contributed by atoms with Gasteiger partial charge in [0.2, 0.25) is 5.91 Å². The van der Waals surface area contributed by atoms with Crippen molar-refractivity contribution in [3.63, 3.8) is 0 Å². The van der Waals surface area contributed by atoms with Crippen LogP contribution in [0.2, 0.25) is 0 Å². The molecular weight excluding hydrogens is 282 g/mol. The van der Waals surface area contributed by atoms with Gasteiger partial charge in [-0.15, -0.1) is 23.1 Å². The van der Waals surface area contributed by atoms with E-state index < -0.39 is 0 Å². The van der Waals surface area contributed by atoms with E-state index in [0.717, 1.165) is 4.21 Å². The third-order valence-corrected chi connectivity index (χ3v) is 4.50. The van der Waals surface area contributed by atoms with Crippen molar-refractivity contribution in [1.82, 2.24) is 4.90 Å². The molecule has 19 heavy (non-hydrogen) atoms. The average molecular weight is 301 g/mol. The van der Waals surface area contributed by atoms with Gasteiger partial charge in [-0.3, -0.25) is 9.59 Å². The van der Waals surface area contributed by atoms with Crippen LogP contribution in [0.3, 0.4) is 0 Å². The Morgan fingerprint density at radius 1 is 1.47 bits per heavy atom. The van der Waals surface area contributed by atoms with Crippen LogP contribution < -0.4 is 0 Å². The van der Waals surface area contributed by atoms with Crippen LogP contribution in [0.25, 0.3) is 0 Å². The highest BCUT2D eigenvalue weighted by Crippen LogP contribution is 2.23. The summed E-state index contributed by atoms with van der Waals surface area (Å²) in [4.78, 5) is 25.2. The largest absolute Gasteiger partial charge is 0.465 e. The molecule has 0 fully saturated rings. The van der Waals surface area contributed by atoms with E-state index in [9.17, 15) is 9.59 Å². The van der Waals surface area contributed by atoms with Crippen molar-refractivity contribution in [1.29, 1.82) is 0 Å². The highest BCUT2D eigenvalue weighted by Gasteiger charge is 2.20. The van der Waals surface area contributed by atoms with E-state index in [1.807, 2.05) is 31.4 Å². The Balaban J connectivity index is 2.50. The zero-order valence-electron chi connectivity index (χ0n) is 11.4. The first kappa shape index (κ1) is 16.0. The SMILES string of the molecule is CCOC(=O)CN(C(=O)CSc1cccs1)C(C)C. The zero-order valence-corrected chi connectivity index (χ0v) is 13.1. The van der Waals surface area contributed by atoms with E-state index in [0.29, 0.717) is 12.4 Å². The first-order valence-electron chi connectivity index (χ1n) is 6.16. The maximum Gasteiger partial charge on any atom is 0.325 e. The summed E-state index contributed by atoms with van der Waals surface area (Å²) in [6.45, 7) is 5.91. The summed E-state index contributed by atoms with van der Waals surface area (Å²) in [5.74, 6) is -0.0508. The Kier molecular flexibility index (Phi) is 6.94. The third kappa shape index (κ3) is 5.65. The van der Waals surface area contributed by atoms with Crippen LogP contribution in [0, 0.1) is 0 Å². The van der Waals surface area contributed by atoms with E-state index in [1.54, 1.807) is 23.2 Å². The summed E-state index contributed by atoms with van der Waals surface area (Å²) < 4.78 is 5.99. The van der Waals surface area contributed by atoms with Crippen LogP contribution in [0.4, 0.5) is 0 Å². The fraction of sp³-hybridized carbons (Fsp3) is 0.538. The quantitative estimate of drug-likeness (QED) is 0.574. The summed E-state index contributed by atoms with van der Waals surface area (Å²) in [6, 6.07) is 3.92. The molecule has 0 saturated carbocycles. The molecule has 1 aromatic heterocycles. The Morgan fingerprint density at radius 2 is 2.21 bits per heavy atom. The number of amides is 1. The summed E-state index contributed by atoms with van der Waals surface area (Å²) in [5, 5.41) is 1.98. The first-order chi connectivity index (χ1) is 9.04. The number of ether oxygens (including phenoxy) is 1. The maximum absolute atomic E-state index is 12.1. The van der Waals surface area contributed by atoms with Crippen LogP contribution in [-0.2, 0) is 14.3 Å². The van der Waals surface area contributed by atoms with Gasteiger partial charge >= 0.3 is 5.97 Å². The summed E-state index contributed by atoms with van der Waals surface area (Å²) in [7, 11) is 0. The van der Waals surface area contributed by atoms with E-state index >= 15 is 0 Å². The molecule has 0 aliphatic rings. The van der Waals surface area contributed by atoms with Crippen molar-refractivity contribution in [3.8, 4) is 0 Å². The molecule has 6 heteroatoms. The Hall–Kier alpha value is -1.01. The van der Waals surface area contributed by atoms with Gasteiger partial charge in [0.25, 0.3) is 0 Å². The van der Waals surface area contributed by atoms with Crippen LogP contribution >= 0.6 is 23.1 Å². The Morgan fingerprint density at radius 3 is 2.74 bits per heavy atom. The van der Waals surface area contributed by atoms with Crippen LogP contribution in [0.5, 0.6) is 0 Å². The second-order valence-electron chi connectivity index (χ2n) is 4.14.